The van der Waals surface area contributed by atoms with Crippen LogP contribution in [0.3, 0.4) is 0 Å². The third-order valence-corrected chi connectivity index (χ3v) is 2.46. The number of allylic oxidation sites excluding steroid dienone is 5. The van der Waals surface area contributed by atoms with Crippen molar-refractivity contribution in [3.8, 4) is 0 Å². The summed E-state index contributed by atoms with van der Waals surface area (Å²) in [6.07, 6.45) is 9.61. The van der Waals surface area contributed by atoms with Crippen molar-refractivity contribution in [1.82, 2.24) is 0 Å². The maximum atomic E-state index is 10.9. The van der Waals surface area contributed by atoms with Gasteiger partial charge in [0, 0.05) is 32.7 Å². The molecule has 0 amide bonds. The van der Waals surface area contributed by atoms with Gasteiger partial charge < -0.3 is 9.69 Å². The number of ketones is 1. The van der Waals surface area contributed by atoms with Crippen LogP contribution in [0.15, 0.2) is 42.0 Å². The largest absolute Gasteiger partial charge is 0.416 e. The fourth-order valence-corrected chi connectivity index (χ4v) is 1.48. The van der Waals surface area contributed by atoms with E-state index in [1.165, 1.54) is 12.2 Å². The molecule has 0 unspecified atom stereocenters. The molecule has 0 fully saturated rings. The average molecular weight is 312 g/mol. The Morgan fingerprint density at radius 2 is 2.00 bits per heavy atom. The average Bonchev–Trinajstić information content (AvgIpc) is 2.33. The molecule has 1 aliphatic rings. The summed E-state index contributed by atoms with van der Waals surface area (Å²) in [5.74, 6) is -0.0194. The van der Waals surface area contributed by atoms with Crippen molar-refractivity contribution >= 4 is 17.5 Å². The van der Waals surface area contributed by atoms with Gasteiger partial charge in [0.25, 0.3) is 0 Å². The molecule has 1 aromatic rings. The number of hydrogen-bond acceptors (Lipinski definition) is 2. The zero-order chi connectivity index (χ0) is 12.3. The van der Waals surface area contributed by atoms with E-state index in [4.69, 9.17) is 0 Å². The van der Waals surface area contributed by atoms with Gasteiger partial charge in [-0.2, -0.15) is 11.1 Å². The van der Waals surface area contributed by atoms with Crippen LogP contribution in [-0.4, -0.2) is 19.9 Å². The summed E-state index contributed by atoms with van der Waals surface area (Å²) in [5, 5.41) is 0. The Morgan fingerprint density at radius 1 is 1.22 bits per heavy atom. The number of hydrogen-bond donors (Lipinski definition) is 0. The molecule has 1 radical (unpaired) electrons. The normalized spacial score (nSPS) is 15.7. The Bertz CT molecular complexity index is 492. The third-order valence-electron chi connectivity index (χ3n) is 2.46. The van der Waals surface area contributed by atoms with Gasteiger partial charge in [-0.3, -0.25) is 0 Å². The maximum absolute atomic E-state index is 10.9. The second kappa shape index (κ2) is 6.82. The summed E-state index contributed by atoms with van der Waals surface area (Å²) in [6.45, 7) is 0. The van der Waals surface area contributed by atoms with Gasteiger partial charge in [0.15, 0.2) is 0 Å². The monoisotopic (exact) mass is 312 g/mol. The Balaban J connectivity index is 0.00000162. The molecule has 3 heteroatoms. The second-order valence-electron chi connectivity index (χ2n) is 4.02. The molecule has 2 rings (SSSR count). The van der Waals surface area contributed by atoms with E-state index in [-0.39, 0.29) is 38.5 Å². The van der Waals surface area contributed by atoms with E-state index < -0.39 is 0 Å². The van der Waals surface area contributed by atoms with Gasteiger partial charge in [0.05, 0.1) is 5.78 Å². The summed E-state index contributed by atoms with van der Waals surface area (Å²) < 4.78 is 0. The van der Waals surface area contributed by atoms with E-state index in [1.807, 2.05) is 43.3 Å². The molecule has 0 N–H and O–H groups in total. The Labute approximate surface area is 133 Å². The van der Waals surface area contributed by atoms with Crippen LogP contribution in [0.2, 0.25) is 0 Å². The topological polar surface area (TPSA) is 20.3 Å². The van der Waals surface area contributed by atoms with E-state index >= 15 is 0 Å². The number of carbonyl (C=O) groups excluding carboxylic acids is 1. The van der Waals surface area contributed by atoms with E-state index in [2.05, 4.69) is 12.1 Å². The predicted molar refractivity (Wildman–Crippen MR) is 69.5 cm³/mol. The van der Waals surface area contributed by atoms with Gasteiger partial charge in [0.1, 0.15) is 0 Å². The summed E-state index contributed by atoms with van der Waals surface area (Å²) in [5.41, 5.74) is 2.98. The third kappa shape index (κ3) is 4.04. The Hall–Kier alpha value is -0.986. The zero-order valence-corrected chi connectivity index (χ0v) is 13.3. The molecule has 0 heterocycles. The molecular weight excluding hydrogens is 299 g/mol. The molecule has 1 aromatic carbocycles. The van der Waals surface area contributed by atoms with Gasteiger partial charge in [0.2, 0.25) is 0 Å². The van der Waals surface area contributed by atoms with Gasteiger partial charge in [-0.15, -0.1) is 48.6 Å². The van der Waals surface area contributed by atoms with Gasteiger partial charge in [-0.05, 0) is 19.8 Å². The van der Waals surface area contributed by atoms with Crippen molar-refractivity contribution in [2.45, 2.75) is 0 Å². The molecular formula is C15H13NOY-2. The van der Waals surface area contributed by atoms with E-state index in [0.717, 1.165) is 16.8 Å². The molecule has 0 atom stereocenters. The molecule has 0 aliphatic heterocycles. The molecule has 1 aliphatic carbocycles. The first-order valence-electron chi connectivity index (χ1n) is 5.38. The van der Waals surface area contributed by atoms with Gasteiger partial charge in [-0.25, -0.2) is 0 Å². The van der Waals surface area contributed by atoms with Crippen molar-refractivity contribution in [3.63, 3.8) is 0 Å². The van der Waals surface area contributed by atoms with Gasteiger partial charge in [-0.1, -0.05) is 6.08 Å². The predicted octanol–water partition coefficient (Wildman–Crippen LogP) is 2.43. The van der Waals surface area contributed by atoms with Crippen molar-refractivity contribution in [3.05, 3.63) is 59.7 Å². The minimum atomic E-state index is -0.0194. The van der Waals surface area contributed by atoms with E-state index in [9.17, 15) is 4.79 Å². The smallest absolute Gasteiger partial charge is 0.0934 e. The van der Waals surface area contributed by atoms with Crippen LogP contribution in [0.25, 0.3) is 6.08 Å². The molecule has 2 nitrogen and oxygen atoms in total. The molecule has 18 heavy (non-hydrogen) atoms. The molecule has 0 aromatic heterocycles. The van der Waals surface area contributed by atoms with Crippen LogP contribution in [0, 0.1) is 12.1 Å². The first-order chi connectivity index (χ1) is 8.15. The summed E-state index contributed by atoms with van der Waals surface area (Å²) in [7, 11) is 3.99. The SMILES string of the molecule is CN(C)c1c[c-]c(/C=C2\[C-]=CC(=O)C=C2)cc1.[Y]. The van der Waals surface area contributed by atoms with Gasteiger partial charge >= 0.3 is 0 Å². The number of benzene rings is 1. The van der Waals surface area contributed by atoms with E-state index in [0.29, 0.717) is 0 Å². The molecule has 0 saturated heterocycles. The van der Waals surface area contributed by atoms with Crippen LogP contribution in [0.5, 0.6) is 0 Å². The molecule has 0 spiro atoms. The standard InChI is InChI=1S/C15H13NO.Y/c1-16(2)14-7-3-12(4-8-14)11-13-5-9-15(17)10-6-13;/h3,5,7-11H,1-2H3;/q-2;/b13-11-;. The van der Waals surface area contributed by atoms with Crippen LogP contribution in [0.1, 0.15) is 5.56 Å². The quantitative estimate of drug-likeness (QED) is 0.782. The first-order valence-corrected chi connectivity index (χ1v) is 5.38. The Morgan fingerprint density at radius 3 is 2.50 bits per heavy atom. The minimum absolute atomic E-state index is 0. The van der Waals surface area contributed by atoms with Crippen LogP contribution in [-0.2, 0) is 37.5 Å². The van der Waals surface area contributed by atoms with Crippen molar-refractivity contribution in [2.75, 3.05) is 19.0 Å². The van der Waals surface area contributed by atoms with E-state index in [1.54, 1.807) is 6.08 Å². The fourth-order valence-electron chi connectivity index (χ4n) is 1.48. The van der Waals surface area contributed by atoms with Crippen LogP contribution in [0.4, 0.5) is 5.69 Å². The van der Waals surface area contributed by atoms with Crippen molar-refractivity contribution in [1.29, 1.82) is 0 Å². The number of rotatable bonds is 2. The summed E-state index contributed by atoms with van der Waals surface area (Å²) in [4.78, 5) is 13.0. The summed E-state index contributed by atoms with van der Waals surface area (Å²) in [6, 6.07) is 9.15. The summed E-state index contributed by atoms with van der Waals surface area (Å²) >= 11 is 0. The van der Waals surface area contributed by atoms with Crippen LogP contribution < -0.4 is 4.90 Å². The Kier molecular flexibility index (Phi) is 5.71. The second-order valence-corrected chi connectivity index (χ2v) is 4.02. The van der Waals surface area contributed by atoms with Crippen LogP contribution >= 0.6 is 0 Å². The van der Waals surface area contributed by atoms with Crippen molar-refractivity contribution < 1.29 is 37.5 Å². The minimum Gasteiger partial charge on any atom is -0.416 e. The number of anilines is 1. The zero-order valence-electron chi connectivity index (χ0n) is 10.5. The molecule has 89 valence electrons. The number of nitrogens with zero attached hydrogens (tertiary/aromatic N) is 1. The molecule has 0 saturated carbocycles. The number of carbonyl (C=O) groups is 1. The van der Waals surface area contributed by atoms with Crippen molar-refractivity contribution in [2.24, 2.45) is 0 Å². The fraction of sp³-hybridized carbons (Fsp3) is 0.133. The maximum Gasteiger partial charge on any atom is 0.0934 e. The first kappa shape index (κ1) is 15.1. The molecule has 0 bridgehead atoms.